The lowest BCUT2D eigenvalue weighted by Crippen LogP contribution is -2.53. The van der Waals surface area contributed by atoms with E-state index in [9.17, 15) is 27.5 Å². The van der Waals surface area contributed by atoms with Gasteiger partial charge < -0.3 is 14.8 Å². The number of rotatable bonds is 6. The molecular weight excluding hydrogens is 428 g/mol. The molecule has 2 aromatic carbocycles. The van der Waals surface area contributed by atoms with Crippen molar-refractivity contribution in [3.05, 3.63) is 70.3 Å². The summed E-state index contributed by atoms with van der Waals surface area (Å²) in [6, 6.07) is 10.8. The van der Waals surface area contributed by atoms with Crippen molar-refractivity contribution in [3.8, 4) is 5.75 Å². The number of methoxy groups -OCH3 is 1. The summed E-state index contributed by atoms with van der Waals surface area (Å²) >= 11 is 0. The maximum Gasteiger partial charge on any atom is 0.422 e. The molecule has 5 nitrogen and oxygen atoms in total. The molecular formula is C23H22F4N2O3. The molecule has 9 heteroatoms. The number of hydrogen-bond donors (Lipinski definition) is 2. The lowest BCUT2D eigenvalue weighted by molar-refractivity contribution is -0.246. The molecule has 0 aliphatic carbocycles. The first kappa shape index (κ1) is 23.5. The van der Waals surface area contributed by atoms with Crippen LogP contribution in [0.25, 0.3) is 10.9 Å². The summed E-state index contributed by atoms with van der Waals surface area (Å²) in [4.78, 5) is 18.0. The molecule has 0 saturated heterocycles. The van der Waals surface area contributed by atoms with Gasteiger partial charge >= 0.3 is 6.18 Å². The Labute approximate surface area is 181 Å². The van der Waals surface area contributed by atoms with Crippen LogP contribution in [-0.4, -0.2) is 35.2 Å². The molecule has 0 radical (unpaired) electrons. The first-order valence-corrected chi connectivity index (χ1v) is 9.77. The molecule has 3 atom stereocenters. The van der Waals surface area contributed by atoms with Crippen LogP contribution in [0.1, 0.15) is 25.3 Å². The Hall–Kier alpha value is -3.20. The number of nitrogens with zero attached hydrogens (tertiary/aromatic N) is 1. The quantitative estimate of drug-likeness (QED) is 0.405. The summed E-state index contributed by atoms with van der Waals surface area (Å²) in [5, 5.41) is 11.2. The van der Waals surface area contributed by atoms with Crippen molar-refractivity contribution in [2.24, 2.45) is 10.9 Å². The van der Waals surface area contributed by atoms with Crippen molar-refractivity contribution in [2.45, 2.75) is 31.5 Å². The van der Waals surface area contributed by atoms with E-state index in [0.29, 0.717) is 22.7 Å². The van der Waals surface area contributed by atoms with E-state index in [1.54, 1.807) is 6.07 Å². The third kappa shape index (κ3) is 4.38. The van der Waals surface area contributed by atoms with E-state index in [0.717, 1.165) is 12.1 Å². The lowest BCUT2D eigenvalue weighted by atomic mass is 9.77. The number of ether oxygens (including phenoxy) is 1. The number of aromatic nitrogens is 1. The Morgan fingerprint density at radius 2 is 1.84 bits per heavy atom. The van der Waals surface area contributed by atoms with E-state index in [4.69, 9.17) is 4.74 Å². The number of aromatic amines is 1. The van der Waals surface area contributed by atoms with Crippen molar-refractivity contribution in [2.75, 3.05) is 7.11 Å². The van der Waals surface area contributed by atoms with E-state index in [2.05, 4.69) is 9.98 Å². The van der Waals surface area contributed by atoms with Gasteiger partial charge in [-0.25, -0.2) is 4.39 Å². The molecule has 0 amide bonds. The van der Waals surface area contributed by atoms with Gasteiger partial charge in [-0.15, -0.1) is 0 Å². The van der Waals surface area contributed by atoms with Gasteiger partial charge in [-0.05, 0) is 35.7 Å². The minimum Gasteiger partial charge on any atom is -0.496 e. The van der Waals surface area contributed by atoms with Crippen LogP contribution in [0.4, 0.5) is 23.2 Å². The Kier molecular flexibility index (Phi) is 6.41. The third-order valence-corrected chi connectivity index (χ3v) is 5.73. The monoisotopic (exact) mass is 450 g/mol. The number of hydrogen-bond acceptors (Lipinski definition) is 4. The van der Waals surface area contributed by atoms with Crippen LogP contribution in [0.5, 0.6) is 5.75 Å². The minimum atomic E-state index is -5.05. The van der Waals surface area contributed by atoms with Crippen LogP contribution in [0.2, 0.25) is 0 Å². The van der Waals surface area contributed by atoms with Crippen LogP contribution < -0.4 is 10.3 Å². The molecule has 3 rings (SSSR count). The highest BCUT2D eigenvalue weighted by Crippen LogP contribution is 2.44. The highest BCUT2D eigenvalue weighted by molar-refractivity contribution is 5.91. The Balaban J connectivity index is 2.05. The minimum absolute atomic E-state index is 0.0869. The second-order valence-corrected chi connectivity index (χ2v) is 7.61. The molecule has 1 heterocycles. The molecule has 3 aromatic rings. The number of fused-ring (bicyclic) bond motifs is 1. The molecule has 0 spiro atoms. The zero-order valence-corrected chi connectivity index (χ0v) is 17.6. The Morgan fingerprint density at radius 3 is 2.50 bits per heavy atom. The summed E-state index contributed by atoms with van der Waals surface area (Å²) in [6.07, 6.45) is -4.57. The predicted octanol–water partition coefficient (Wildman–Crippen LogP) is 5.11. The molecule has 3 unspecified atom stereocenters. The number of alkyl halides is 3. The van der Waals surface area contributed by atoms with E-state index in [1.807, 2.05) is 0 Å². The summed E-state index contributed by atoms with van der Waals surface area (Å²) in [6.45, 7) is 2.74. The highest BCUT2D eigenvalue weighted by atomic mass is 19.4. The average Bonchev–Trinajstić information content (AvgIpc) is 2.75. The highest BCUT2D eigenvalue weighted by Gasteiger charge is 2.57. The van der Waals surface area contributed by atoms with Crippen molar-refractivity contribution in [1.82, 2.24) is 4.98 Å². The van der Waals surface area contributed by atoms with Crippen LogP contribution in [0.15, 0.2) is 58.3 Å². The smallest absolute Gasteiger partial charge is 0.422 e. The molecule has 0 aliphatic rings. The second-order valence-electron chi connectivity index (χ2n) is 7.61. The summed E-state index contributed by atoms with van der Waals surface area (Å²) in [7, 11) is 1.29. The zero-order chi connectivity index (χ0) is 23.7. The van der Waals surface area contributed by atoms with Gasteiger partial charge in [0.1, 0.15) is 11.6 Å². The van der Waals surface area contributed by atoms with Gasteiger partial charge in [-0.1, -0.05) is 26.0 Å². The SMILES string of the molecule is COc1cc(F)ccc1C(C)C(C)C(O)(/C=N/c1cccc2[nH]c(=O)ccc12)C(F)(F)F. The fraction of sp³-hybridized carbons (Fsp3) is 0.304. The van der Waals surface area contributed by atoms with E-state index in [-0.39, 0.29) is 17.0 Å². The Morgan fingerprint density at radius 1 is 1.12 bits per heavy atom. The summed E-state index contributed by atoms with van der Waals surface area (Å²) in [5.41, 5.74) is -2.78. The maximum atomic E-state index is 14.1. The first-order chi connectivity index (χ1) is 15.0. The predicted molar refractivity (Wildman–Crippen MR) is 114 cm³/mol. The summed E-state index contributed by atoms with van der Waals surface area (Å²) in [5.74, 6) is -2.77. The number of halogens is 4. The van der Waals surface area contributed by atoms with Gasteiger partial charge in [0.2, 0.25) is 5.56 Å². The van der Waals surface area contributed by atoms with E-state index in [1.165, 1.54) is 51.3 Å². The molecule has 0 bridgehead atoms. The number of H-pyrrole nitrogens is 1. The largest absolute Gasteiger partial charge is 0.496 e. The van der Waals surface area contributed by atoms with Crippen molar-refractivity contribution >= 4 is 22.8 Å². The second kappa shape index (κ2) is 8.74. The number of aliphatic hydroxyl groups is 1. The van der Waals surface area contributed by atoms with Crippen LogP contribution in [0, 0.1) is 11.7 Å². The molecule has 0 aliphatic heterocycles. The van der Waals surface area contributed by atoms with Crippen LogP contribution in [0.3, 0.4) is 0 Å². The number of pyridine rings is 1. The van der Waals surface area contributed by atoms with Crippen molar-refractivity contribution < 1.29 is 27.4 Å². The topological polar surface area (TPSA) is 74.7 Å². The van der Waals surface area contributed by atoms with Gasteiger partial charge in [0.05, 0.1) is 18.3 Å². The standard InChI is InChI=1S/C23H22F4N2O3/c1-13(16-8-7-15(24)11-20(16)32-3)14(2)22(31,23(25,26)27)12-28-18-5-4-6-19-17(18)9-10-21(30)29-19/h4-14,31H,1-3H3,(H,29,30)/b28-12+. The molecule has 1 aromatic heterocycles. The van der Waals surface area contributed by atoms with Crippen LogP contribution >= 0.6 is 0 Å². The molecule has 0 saturated carbocycles. The molecule has 32 heavy (non-hydrogen) atoms. The molecule has 170 valence electrons. The van der Waals surface area contributed by atoms with Gasteiger partial charge in [0.25, 0.3) is 0 Å². The van der Waals surface area contributed by atoms with E-state index >= 15 is 0 Å². The Bertz CT molecular complexity index is 1210. The lowest BCUT2D eigenvalue weighted by Gasteiger charge is -2.36. The van der Waals surface area contributed by atoms with Crippen LogP contribution in [-0.2, 0) is 0 Å². The first-order valence-electron chi connectivity index (χ1n) is 9.77. The van der Waals surface area contributed by atoms with Gasteiger partial charge in [-0.2, -0.15) is 13.2 Å². The normalized spacial score (nSPS) is 16.1. The fourth-order valence-electron chi connectivity index (χ4n) is 3.61. The third-order valence-electron chi connectivity index (χ3n) is 5.73. The van der Waals surface area contributed by atoms with Crippen molar-refractivity contribution in [1.29, 1.82) is 0 Å². The van der Waals surface area contributed by atoms with Gasteiger partial charge in [0, 0.05) is 29.7 Å². The summed E-state index contributed by atoms with van der Waals surface area (Å²) < 4.78 is 60.8. The van der Waals surface area contributed by atoms with Crippen molar-refractivity contribution in [3.63, 3.8) is 0 Å². The maximum absolute atomic E-state index is 14.1. The zero-order valence-electron chi connectivity index (χ0n) is 17.6. The number of benzene rings is 2. The average molecular weight is 450 g/mol. The van der Waals surface area contributed by atoms with Gasteiger partial charge in [0.15, 0.2) is 5.60 Å². The fourth-order valence-corrected chi connectivity index (χ4v) is 3.61. The molecule has 0 fully saturated rings. The molecule has 2 N–H and O–H groups in total. The number of nitrogens with one attached hydrogen (secondary N) is 1. The number of aliphatic imine (C=N–C) groups is 1. The van der Waals surface area contributed by atoms with Gasteiger partial charge in [-0.3, -0.25) is 9.79 Å². The van der Waals surface area contributed by atoms with E-state index < -0.39 is 29.4 Å².